The van der Waals surface area contributed by atoms with Gasteiger partial charge >= 0.3 is 0 Å². The molecule has 0 amide bonds. The molecule has 0 aromatic rings. The van der Waals surface area contributed by atoms with Crippen LogP contribution in [0.15, 0.2) is 0 Å². The van der Waals surface area contributed by atoms with Crippen LogP contribution < -0.4 is 5.32 Å². The molecule has 3 nitrogen and oxygen atoms in total. The highest BCUT2D eigenvalue weighted by Crippen LogP contribution is 2.17. The Labute approximate surface area is 93.9 Å². The van der Waals surface area contributed by atoms with Crippen molar-refractivity contribution in [2.45, 2.75) is 38.6 Å². The molecule has 3 heteroatoms. The van der Waals surface area contributed by atoms with Crippen LogP contribution in [0.1, 0.15) is 33.1 Å². The Hall–Kier alpha value is -0.120. The number of likely N-dealkylation sites (tertiary alicyclic amines) is 1. The van der Waals surface area contributed by atoms with Crippen LogP contribution in [0, 0.1) is 5.92 Å². The molecule has 15 heavy (non-hydrogen) atoms. The van der Waals surface area contributed by atoms with E-state index in [9.17, 15) is 0 Å². The van der Waals surface area contributed by atoms with E-state index in [-0.39, 0.29) is 12.1 Å². The van der Waals surface area contributed by atoms with Crippen LogP contribution in [0.4, 0.5) is 0 Å². The molecule has 1 aliphatic rings. The fraction of sp³-hybridized carbons (Fsp3) is 1.00. The molecule has 1 rings (SSSR count). The fourth-order valence-electron chi connectivity index (χ4n) is 2.24. The Kier molecular flexibility index (Phi) is 5.03. The van der Waals surface area contributed by atoms with Crippen LogP contribution in [0.3, 0.4) is 0 Å². The molecule has 1 saturated heterocycles. The van der Waals surface area contributed by atoms with E-state index >= 15 is 0 Å². The maximum Gasteiger partial charge on any atom is 0.0448 e. The van der Waals surface area contributed by atoms with Gasteiger partial charge in [0.05, 0.1) is 0 Å². The molecule has 1 fully saturated rings. The van der Waals surface area contributed by atoms with Gasteiger partial charge in [-0.1, -0.05) is 0 Å². The molecular weight excluding hydrogens is 188 g/mol. The number of hydrogen-bond donors (Lipinski definition) is 2. The predicted octanol–water partition coefficient (Wildman–Crippen LogP) is 1.08. The molecular formula is C12H26N2O. The first-order chi connectivity index (χ1) is 7.03. The first kappa shape index (κ1) is 12.9. The lowest BCUT2D eigenvalue weighted by Crippen LogP contribution is -2.41. The van der Waals surface area contributed by atoms with Crippen LogP contribution in [0.5, 0.6) is 0 Å². The first-order valence-corrected chi connectivity index (χ1v) is 6.08. The number of aliphatic hydroxyl groups excluding tert-OH is 1. The summed E-state index contributed by atoms with van der Waals surface area (Å²) in [5.41, 5.74) is 0.0826. The number of hydrogen-bond acceptors (Lipinski definition) is 3. The maximum atomic E-state index is 8.90. The van der Waals surface area contributed by atoms with Crippen molar-refractivity contribution in [2.24, 2.45) is 5.92 Å². The van der Waals surface area contributed by atoms with E-state index in [1.54, 1.807) is 0 Å². The molecule has 0 aromatic carbocycles. The third-order valence-electron chi connectivity index (χ3n) is 3.38. The number of rotatable bonds is 6. The van der Waals surface area contributed by atoms with Crippen molar-refractivity contribution in [1.82, 2.24) is 10.2 Å². The van der Waals surface area contributed by atoms with Crippen molar-refractivity contribution in [1.29, 1.82) is 0 Å². The monoisotopic (exact) mass is 214 g/mol. The molecule has 2 N–H and O–H groups in total. The van der Waals surface area contributed by atoms with Gasteiger partial charge in [-0.2, -0.15) is 0 Å². The minimum atomic E-state index is 0.0826. The Morgan fingerprint density at radius 1 is 1.47 bits per heavy atom. The van der Waals surface area contributed by atoms with Gasteiger partial charge in [0.15, 0.2) is 0 Å². The summed E-state index contributed by atoms with van der Waals surface area (Å²) < 4.78 is 0. The summed E-state index contributed by atoms with van der Waals surface area (Å²) in [4.78, 5) is 2.41. The minimum Gasteiger partial charge on any atom is -0.396 e. The van der Waals surface area contributed by atoms with E-state index in [1.165, 1.54) is 25.9 Å². The smallest absolute Gasteiger partial charge is 0.0448 e. The van der Waals surface area contributed by atoms with Crippen LogP contribution in [0.25, 0.3) is 0 Å². The average molecular weight is 214 g/mol. The highest BCUT2D eigenvalue weighted by atomic mass is 16.3. The molecule has 0 bridgehead atoms. The molecule has 0 radical (unpaired) electrons. The molecule has 0 aliphatic carbocycles. The predicted molar refractivity (Wildman–Crippen MR) is 64.0 cm³/mol. The van der Waals surface area contributed by atoms with E-state index in [4.69, 9.17) is 5.11 Å². The molecule has 1 heterocycles. The zero-order chi connectivity index (χ0) is 11.3. The van der Waals surface area contributed by atoms with Gasteiger partial charge in [-0.3, -0.25) is 0 Å². The molecule has 1 unspecified atom stereocenters. The number of nitrogens with zero attached hydrogens (tertiary/aromatic N) is 1. The van der Waals surface area contributed by atoms with Gasteiger partial charge in [-0.15, -0.1) is 0 Å². The zero-order valence-electron chi connectivity index (χ0n) is 10.4. The highest BCUT2D eigenvalue weighted by Gasteiger charge is 2.20. The Balaban J connectivity index is 2.10. The van der Waals surface area contributed by atoms with E-state index in [1.807, 2.05) is 0 Å². The van der Waals surface area contributed by atoms with Gasteiger partial charge in [0.25, 0.3) is 0 Å². The van der Waals surface area contributed by atoms with Crippen LogP contribution in [-0.4, -0.2) is 48.8 Å². The fourth-order valence-corrected chi connectivity index (χ4v) is 2.24. The normalized spacial score (nSPS) is 23.6. The lowest BCUT2D eigenvalue weighted by Gasteiger charge is -2.26. The standard InChI is InChI=1S/C12H26N2O/c1-12(2,6-9-15)13-7-4-11-5-8-14(3)10-11/h11,13,15H,4-10H2,1-3H3. The number of nitrogens with one attached hydrogen (secondary N) is 1. The third kappa shape index (κ3) is 4.96. The Bertz CT molecular complexity index is 182. The van der Waals surface area contributed by atoms with Gasteiger partial charge in [-0.05, 0) is 59.2 Å². The number of aliphatic hydroxyl groups is 1. The van der Waals surface area contributed by atoms with Gasteiger partial charge in [0.2, 0.25) is 0 Å². The van der Waals surface area contributed by atoms with Crippen molar-refractivity contribution < 1.29 is 5.11 Å². The van der Waals surface area contributed by atoms with Crippen LogP contribution in [-0.2, 0) is 0 Å². The van der Waals surface area contributed by atoms with E-state index in [0.717, 1.165) is 18.9 Å². The topological polar surface area (TPSA) is 35.5 Å². The summed E-state index contributed by atoms with van der Waals surface area (Å²) in [5, 5.41) is 12.4. The van der Waals surface area contributed by atoms with E-state index in [0.29, 0.717) is 0 Å². The van der Waals surface area contributed by atoms with Crippen molar-refractivity contribution in [3.05, 3.63) is 0 Å². The summed E-state index contributed by atoms with van der Waals surface area (Å²) in [6.45, 7) is 8.17. The molecule has 90 valence electrons. The first-order valence-electron chi connectivity index (χ1n) is 6.08. The molecule has 1 atom stereocenters. The van der Waals surface area contributed by atoms with Crippen molar-refractivity contribution in [3.8, 4) is 0 Å². The summed E-state index contributed by atoms with van der Waals surface area (Å²) in [7, 11) is 2.20. The van der Waals surface area contributed by atoms with Gasteiger partial charge < -0.3 is 15.3 Å². The minimum absolute atomic E-state index is 0.0826. The quantitative estimate of drug-likeness (QED) is 0.694. The second-order valence-electron chi connectivity index (χ2n) is 5.49. The van der Waals surface area contributed by atoms with E-state index in [2.05, 4.69) is 31.1 Å². The molecule has 1 aliphatic heterocycles. The van der Waals surface area contributed by atoms with Crippen molar-refractivity contribution in [3.63, 3.8) is 0 Å². The summed E-state index contributed by atoms with van der Waals surface area (Å²) in [6, 6.07) is 0. The van der Waals surface area contributed by atoms with Gasteiger partial charge in [0.1, 0.15) is 0 Å². The van der Waals surface area contributed by atoms with Crippen molar-refractivity contribution >= 4 is 0 Å². The van der Waals surface area contributed by atoms with Gasteiger partial charge in [0, 0.05) is 18.7 Å². The zero-order valence-corrected chi connectivity index (χ0v) is 10.4. The second kappa shape index (κ2) is 5.83. The second-order valence-corrected chi connectivity index (χ2v) is 5.49. The van der Waals surface area contributed by atoms with Gasteiger partial charge in [-0.25, -0.2) is 0 Å². The lowest BCUT2D eigenvalue weighted by molar-refractivity contribution is 0.228. The third-order valence-corrected chi connectivity index (χ3v) is 3.38. The molecule has 0 aromatic heterocycles. The maximum absolute atomic E-state index is 8.90. The molecule has 0 spiro atoms. The summed E-state index contributed by atoms with van der Waals surface area (Å²) in [5.74, 6) is 0.868. The lowest BCUT2D eigenvalue weighted by atomic mass is 9.99. The average Bonchev–Trinajstić information content (AvgIpc) is 2.51. The van der Waals surface area contributed by atoms with Crippen LogP contribution >= 0.6 is 0 Å². The summed E-state index contributed by atoms with van der Waals surface area (Å²) in [6.07, 6.45) is 3.44. The highest BCUT2D eigenvalue weighted by molar-refractivity contribution is 4.79. The summed E-state index contributed by atoms with van der Waals surface area (Å²) >= 11 is 0. The SMILES string of the molecule is CN1CCC(CCNC(C)(C)CCO)C1. The largest absolute Gasteiger partial charge is 0.396 e. The van der Waals surface area contributed by atoms with Crippen LogP contribution in [0.2, 0.25) is 0 Å². The van der Waals surface area contributed by atoms with E-state index < -0.39 is 0 Å². The van der Waals surface area contributed by atoms with Crippen molar-refractivity contribution in [2.75, 3.05) is 33.3 Å². The Morgan fingerprint density at radius 2 is 2.20 bits per heavy atom. The Morgan fingerprint density at radius 3 is 2.73 bits per heavy atom. The molecule has 0 saturated carbocycles.